The van der Waals surface area contributed by atoms with Gasteiger partial charge in [-0.05, 0) is 35.7 Å². The van der Waals surface area contributed by atoms with Crippen LogP contribution >= 0.6 is 23.2 Å². The molecular weight excluding hydrogens is 265 g/mol. The van der Waals surface area contributed by atoms with Crippen molar-refractivity contribution >= 4 is 23.2 Å². The molecule has 0 saturated carbocycles. The molecule has 3 rings (SSSR count). The van der Waals surface area contributed by atoms with Crippen LogP contribution in [0.3, 0.4) is 0 Å². The minimum Gasteiger partial charge on any atom is -0.330 e. The Morgan fingerprint density at radius 3 is 2.56 bits per heavy atom. The van der Waals surface area contributed by atoms with Gasteiger partial charge in [-0.1, -0.05) is 53.5 Å². The summed E-state index contributed by atoms with van der Waals surface area (Å²) in [5.41, 5.74) is 10.6. The molecule has 1 atom stereocenters. The lowest BCUT2D eigenvalue weighted by molar-refractivity contribution is 0.741. The maximum atomic E-state index is 6.37. The number of fused-ring (bicyclic) bond motifs is 3. The largest absolute Gasteiger partial charge is 0.330 e. The molecule has 0 bridgehead atoms. The van der Waals surface area contributed by atoms with Gasteiger partial charge in [0.1, 0.15) is 0 Å². The van der Waals surface area contributed by atoms with E-state index >= 15 is 0 Å². The third-order valence-corrected chi connectivity index (χ3v) is 4.37. The molecule has 3 heteroatoms. The minimum atomic E-state index is 0.343. The van der Waals surface area contributed by atoms with Gasteiger partial charge in [-0.25, -0.2) is 0 Å². The van der Waals surface area contributed by atoms with Crippen molar-refractivity contribution in [2.75, 3.05) is 6.54 Å². The summed E-state index contributed by atoms with van der Waals surface area (Å²) in [5, 5.41) is 1.26. The van der Waals surface area contributed by atoms with Crippen LogP contribution in [0.4, 0.5) is 0 Å². The topological polar surface area (TPSA) is 26.0 Å². The summed E-state index contributed by atoms with van der Waals surface area (Å²) in [6, 6.07) is 12.3. The van der Waals surface area contributed by atoms with Crippen molar-refractivity contribution in [2.24, 2.45) is 5.73 Å². The van der Waals surface area contributed by atoms with Crippen molar-refractivity contribution in [3.8, 4) is 11.1 Å². The fourth-order valence-corrected chi connectivity index (χ4v) is 3.23. The van der Waals surface area contributed by atoms with Crippen molar-refractivity contribution in [3.63, 3.8) is 0 Å². The fourth-order valence-electron chi connectivity index (χ4n) is 2.80. The summed E-state index contributed by atoms with van der Waals surface area (Å²) in [6.45, 7) is 0.665. The Balaban J connectivity index is 2.29. The summed E-state index contributed by atoms with van der Waals surface area (Å²) in [5.74, 6) is 0.343. The molecule has 1 aliphatic carbocycles. The van der Waals surface area contributed by atoms with Crippen LogP contribution in [0.15, 0.2) is 36.4 Å². The van der Waals surface area contributed by atoms with Crippen LogP contribution in [0.1, 0.15) is 23.5 Å². The Kier molecular flexibility index (Phi) is 3.06. The van der Waals surface area contributed by atoms with Crippen LogP contribution in [-0.4, -0.2) is 6.54 Å². The lowest BCUT2D eigenvalue weighted by atomic mass is 9.94. The van der Waals surface area contributed by atoms with Crippen molar-refractivity contribution < 1.29 is 0 Å². The average Bonchev–Trinajstić information content (AvgIpc) is 2.70. The standard InChI is InChI=1S/C15H13Cl2N/c16-13-6-5-12-10(7-8-18)9-3-1-2-4-11(9)14(12)15(13)17/h1-6,10H,7-8,18H2. The molecule has 2 N–H and O–H groups in total. The average molecular weight is 278 g/mol. The molecule has 0 fully saturated rings. The van der Waals surface area contributed by atoms with Gasteiger partial charge in [-0.2, -0.15) is 0 Å². The summed E-state index contributed by atoms with van der Waals surface area (Å²) >= 11 is 12.5. The monoisotopic (exact) mass is 277 g/mol. The molecule has 0 spiro atoms. The Bertz CT molecular complexity index is 607. The van der Waals surface area contributed by atoms with Gasteiger partial charge in [-0.3, -0.25) is 0 Å². The van der Waals surface area contributed by atoms with Crippen LogP contribution < -0.4 is 5.73 Å². The molecule has 0 aliphatic heterocycles. The predicted octanol–water partition coefficient (Wildman–Crippen LogP) is 4.45. The first kappa shape index (κ1) is 12.0. The zero-order valence-corrected chi connectivity index (χ0v) is 11.3. The van der Waals surface area contributed by atoms with Gasteiger partial charge >= 0.3 is 0 Å². The third kappa shape index (κ3) is 1.66. The highest BCUT2D eigenvalue weighted by molar-refractivity contribution is 6.44. The number of hydrogen-bond acceptors (Lipinski definition) is 1. The highest BCUT2D eigenvalue weighted by atomic mass is 35.5. The Morgan fingerprint density at radius 1 is 1.00 bits per heavy atom. The highest BCUT2D eigenvalue weighted by Gasteiger charge is 2.30. The van der Waals surface area contributed by atoms with E-state index in [1.807, 2.05) is 12.1 Å². The van der Waals surface area contributed by atoms with E-state index in [4.69, 9.17) is 28.9 Å². The second-order valence-electron chi connectivity index (χ2n) is 4.54. The predicted molar refractivity (Wildman–Crippen MR) is 77.4 cm³/mol. The number of benzene rings is 2. The molecule has 0 amide bonds. The van der Waals surface area contributed by atoms with E-state index in [0.29, 0.717) is 22.5 Å². The maximum absolute atomic E-state index is 6.37. The van der Waals surface area contributed by atoms with Crippen molar-refractivity contribution in [3.05, 3.63) is 57.6 Å². The quantitative estimate of drug-likeness (QED) is 0.862. The van der Waals surface area contributed by atoms with E-state index in [2.05, 4.69) is 24.3 Å². The van der Waals surface area contributed by atoms with Crippen LogP contribution in [0, 0.1) is 0 Å². The Hall–Kier alpha value is -1.02. The second kappa shape index (κ2) is 4.58. The molecule has 18 heavy (non-hydrogen) atoms. The van der Waals surface area contributed by atoms with E-state index in [-0.39, 0.29) is 0 Å². The SMILES string of the molecule is NCCC1c2ccccc2-c2c1ccc(Cl)c2Cl. The molecule has 1 nitrogen and oxygen atoms in total. The number of rotatable bonds is 2. The van der Waals surface area contributed by atoms with Gasteiger partial charge in [0, 0.05) is 11.5 Å². The molecule has 2 aromatic rings. The molecule has 92 valence electrons. The first-order valence-corrected chi connectivity index (χ1v) is 6.77. The van der Waals surface area contributed by atoms with Crippen molar-refractivity contribution in [2.45, 2.75) is 12.3 Å². The zero-order chi connectivity index (χ0) is 12.7. The normalized spacial score (nSPS) is 16.5. The van der Waals surface area contributed by atoms with Crippen LogP contribution in [0.2, 0.25) is 10.0 Å². The van der Waals surface area contributed by atoms with E-state index in [9.17, 15) is 0 Å². The van der Waals surface area contributed by atoms with Gasteiger partial charge in [-0.15, -0.1) is 0 Å². The van der Waals surface area contributed by atoms with E-state index in [1.165, 1.54) is 16.7 Å². The zero-order valence-electron chi connectivity index (χ0n) is 9.79. The summed E-state index contributed by atoms with van der Waals surface area (Å²) in [7, 11) is 0. The first-order valence-electron chi connectivity index (χ1n) is 6.01. The first-order chi connectivity index (χ1) is 8.74. The second-order valence-corrected chi connectivity index (χ2v) is 5.33. The Morgan fingerprint density at radius 2 is 1.78 bits per heavy atom. The molecule has 0 heterocycles. The van der Waals surface area contributed by atoms with Gasteiger partial charge in [0.25, 0.3) is 0 Å². The van der Waals surface area contributed by atoms with Gasteiger partial charge in [0.2, 0.25) is 0 Å². The highest BCUT2D eigenvalue weighted by Crippen LogP contribution is 2.50. The van der Waals surface area contributed by atoms with Gasteiger partial charge < -0.3 is 5.73 Å². The molecule has 2 aromatic carbocycles. The van der Waals surface area contributed by atoms with E-state index in [0.717, 1.165) is 12.0 Å². The van der Waals surface area contributed by atoms with Crippen LogP contribution in [-0.2, 0) is 0 Å². The minimum absolute atomic E-state index is 0.343. The van der Waals surface area contributed by atoms with Gasteiger partial charge in [0.05, 0.1) is 10.0 Å². The third-order valence-electron chi connectivity index (χ3n) is 3.56. The molecule has 1 aliphatic rings. The van der Waals surface area contributed by atoms with E-state index < -0.39 is 0 Å². The molecular formula is C15H13Cl2N. The van der Waals surface area contributed by atoms with Crippen molar-refractivity contribution in [1.82, 2.24) is 0 Å². The lowest BCUT2D eigenvalue weighted by Gasteiger charge is -2.12. The smallest absolute Gasteiger partial charge is 0.0673 e. The number of nitrogens with two attached hydrogens (primary N) is 1. The molecule has 1 unspecified atom stereocenters. The lowest BCUT2D eigenvalue weighted by Crippen LogP contribution is -2.06. The van der Waals surface area contributed by atoms with Gasteiger partial charge in [0.15, 0.2) is 0 Å². The summed E-state index contributed by atoms with van der Waals surface area (Å²) in [6.07, 6.45) is 0.933. The van der Waals surface area contributed by atoms with E-state index in [1.54, 1.807) is 0 Å². The molecule has 0 saturated heterocycles. The van der Waals surface area contributed by atoms with Crippen molar-refractivity contribution in [1.29, 1.82) is 0 Å². The van der Waals surface area contributed by atoms with Crippen LogP contribution in [0.5, 0.6) is 0 Å². The fraction of sp³-hybridized carbons (Fsp3) is 0.200. The summed E-state index contributed by atoms with van der Waals surface area (Å²) in [4.78, 5) is 0. The molecule has 0 aromatic heterocycles. The maximum Gasteiger partial charge on any atom is 0.0673 e. The number of halogens is 2. The summed E-state index contributed by atoms with van der Waals surface area (Å²) < 4.78 is 0. The molecule has 0 radical (unpaired) electrons. The number of hydrogen-bond donors (Lipinski definition) is 1. The Labute approximate surface area is 117 Å². The van der Waals surface area contributed by atoms with Crippen LogP contribution in [0.25, 0.3) is 11.1 Å².